The van der Waals surface area contributed by atoms with E-state index < -0.39 is 17.7 Å². The van der Waals surface area contributed by atoms with E-state index in [9.17, 15) is 14.7 Å². The molecule has 1 aliphatic rings. The monoisotopic (exact) mass is 474 g/mol. The number of carbonyl (C=O) groups excluding carboxylic acids is 2. The average molecular weight is 475 g/mol. The van der Waals surface area contributed by atoms with Crippen LogP contribution in [0.2, 0.25) is 10.0 Å². The molecule has 1 N–H and O–H groups in total. The highest BCUT2D eigenvalue weighted by atomic mass is 35.5. The predicted molar refractivity (Wildman–Crippen MR) is 126 cm³/mol. The Morgan fingerprint density at radius 2 is 1.84 bits per heavy atom. The molecule has 3 rings (SSSR count). The van der Waals surface area contributed by atoms with Crippen molar-refractivity contribution in [3.63, 3.8) is 0 Å². The minimum absolute atomic E-state index is 0.00639. The van der Waals surface area contributed by atoms with Crippen molar-refractivity contribution < 1.29 is 19.4 Å². The van der Waals surface area contributed by atoms with E-state index in [1.165, 1.54) is 4.90 Å². The van der Waals surface area contributed by atoms with E-state index in [4.69, 9.17) is 27.9 Å². The summed E-state index contributed by atoms with van der Waals surface area (Å²) >= 11 is 12.3. The van der Waals surface area contributed by atoms with Crippen molar-refractivity contribution >= 4 is 40.7 Å². The van der Waals surface area contributed by atoms with Gasteiger partial charge in [0.1, 0.15) is 18.1 Å². The van der Waals surface area contributed by atoms with Crippen LogP contribution in [0.15, 0.2) is 60.7 Å². The lowest BCUT2D eigenvalue weighted by Crippen LogP contribution is -2.35. The van der Waals surface area contributed by atoms with Gasteiger partial charge in [0.25, 0.3) is 11.7 Å². The fraction of sp³-hybridized carbons (Fsp3) is 0.250. The molecule has 0 unspecified atom stereocenters. The molecule has 0 spiro atoms. The van der Waals surface area contributed by atoms with Crippen LogP contribution >= 0.6 is 23.2 Å². The number of amides is 1. The van der Waals surface area contributed by atoms with E-state index in [1.54, 1.807) is 48.5 Å². The Hall–Kier alpha value is -2.80. The van der Waals surface area contributed by atoms with Gasteiger partial charge >= 0.3 is 0 Å². The molecule has 1 fully saturated rings. The highest BCUT2D eigenvalue weighted by Crippen LogP contribution is 2.40. The summed E-state index contributed by atoms with van der Waals surface area (Å²) in [6, 6.07) is 10.7. The number of halogens is 2. The molecule has 1 heterocycles. The maximum atomic E-state index is 13.0. The topological polar surface area (TPSA) is 70.1 Å². The third kappa shape index (κ3) is 4.99. The van der Waals surface area contributed by atoms with Gasteiger partial charge in [0.15, 0.2) is 0 Å². The summed E-state index contributed by atoms with van der Waals surface area (Å²) < 4.78 is 5.46. The van der Waals surface area contributed by atoms with Gasteiger partial charge in [-0.3, -0.25) is 9.59 Å². The van der Waals surface area contributed by atoms with Crippen molar-refractivity contribution in [2.75, 3.05) is 33.8 Å². The Morgan fingerprint density at radius 3 is 2.44 bits per heavy atom. The van der Waals surface area contributed by atoms with Gasteiger partial charge in [-0.25, -0.2) is 0 Å². The Labute approximate surface area is 197 Å². The number of ether oxygens (including phenoxy) is 1. The normalized spacial score (nSPS) is 17.8. The van der Waals surface area contributed by atoms with Gasteiger partial charge < -0.3 is 19.6 Å². The van der Waals surface area contributed by atoms with Crippen LogP contribution in [0.3, 0.4) is 0 Å². The van der Waals surface area contributed by atoms with Gasteiger partial charge in [-0.2, -0.15) is 0 Å². The van der Waals surface area contributed by atoms with Crippen LogP contribution in [0.1, 0.15) is 17.2 Å². The van der Waals surface area contributed by atoms with Crippen LogP contribution in [0.25, 0.3) is 5.76 Å². The standard InChI is InChI=1S/C24H24Cl2N2O4/c1-4-13-32-17-8-5-15(6-9-17)22(29)20-21(16-7-10-18(25)19(26)14-16)28(12-11-27(2)3)24(31)23(20)30/h4-10,14,21,29H,1,11-13H2,2-3H3/t21-/m1/s1. The Balaban J connectivity index is 2.09. The van der Waals surface area contributed by atoms with Crippen molar-refractivity contribution in [2.45, 2.75) is 6.04 Å². The molecule has 32 heavy (non-hydrogen) atoms. The molecule has 0 bridgehead atoms. The summed E-state index contributed by atoms with van der Waals surface area (Å²) in [6.45, 7) is 4.79. The number of ketones is 1. The second kappa shape index (κ2) is 10.2. The fourth-order valence-corrected chi connectivity index (χ4v) is 3.77. The molecule has 0 aromatic heterocycles. The SMILES string of the molecule is C=CCOc1ccc(C(O)=C2C(=O)C(=O)N(CCN(C)C)[C@@H]2c2ccc(Cl)c(Cl)c2)cc1. The Morgan fingerprint density at radius 1 is 1.16 bits per heavy atom. The minimum atomic E-state index is -0.790. The lowest BCUT2D eigenvalue weighted by molar-refractivity contribution is -0.140. The highest BCUT2D eigenvalue weighted by Gasteiger charge is 2.46. The first-order valence-electron chi connectivity index (χ1n) is 9.96. The van der Waals surface area contributed by atoms with Crippen LogP contribution in [-0.4, -0.2) is 60.4 Å². The molecular weight excluding hydrogens is 451 g/mol. The number of rotatable bonds is 8. The second-order valence-corrected chi connectivity index (χ2v) is 8.41. The van der Waals surface area contributed by atoms with E-state index >= 15 is 0 Å². The molecule has 2 aromatic carbocycles. The molecule has 0 saturated carbocycles. The van der Waals surface area contributed by atoms with Crippen molar-refractivity contribution in [3.05, 3.63) is 81.9 Å². The summed E-state index contributed by atoms with van der Waals surface area (Å²) in [4.78, 5) is 29.3. The highest BCUT2D eigenvalue weighted by molar-refractivity contribution is 6.46. The van der Waals surface area contributed by atoms with Gasteiger partial charge in [-0.05, 0) is 56.1 Å². The summed E-state index contributed by atoms with van der Waals surface area (Å²) in [6.07, 6.45) is 1.63. The minimum Gasteiger partial charge on any atom is -0.507 e. The first-order valence-corrected chi connectivity index (χ1v) is 10.7. The third-order valence-corrected chi connectivity index (χ3v) is 5.82. The number of hydrogen-bond acceptors (Lipinski definition) is 5. The summed E-state index contributed by atoms with van der Waals surface area (Å²) in [5, 5.41) is 11.7. The quantitative estimate of drug-likeness (QED) is 0.263. The Bertz CT molecular complexity index is 1060. The molecule has 168 valence electrons. The number of likely N-dealkylation sites (tertiary alicyclic amines) is 1. The first-order chi connectivity index (χ1) is 15.2. The van der Waals surface area contributed by atoms with E-state index in [-0.39, 0.29) is 11.3 Å². The molecule has 8 heteroatoms. The first kappa shape index (κ1) is 23.9. The molecule has 0 radical (unpaired) electrons. The summed E-state index contributed by atoms with van der Waals surface area (Å²) in [5.41, 5.74) is 0.989. The lowest BCUT2D eigenvalue weighted by Gasteiger charge is -2.26. The van der Waals surface area contributed by atoms with E-state index in [0.717, 1.165) is 0 Å². The van der Waals surface area contributed by atoms with Crippen molar-refractivity contribution in [2.24, 2.45) is 0 Å². The van der Waals surface area contributed by atoms with Crippen LogP contribution in [0, 0.1) is 0 Å². The van der Waals surface area contributed by atoms with E-state index in [1.807, 2.05) is 19.0 Å². The van der Waals surface area contributed by atoms with Gasteiger partial charge in [-0.15, -0.1) is 0 Å². The number of nitrogens with zero attached hydrogens (tertiary/aromatic N) is 2. The van der Waals surface area contributed by atoms with Crippen LogP contribution in [-0.2, 0) is 9.59 Å². The van der Waals surface area contributed by atoms with Gasteiger partial charge in [-0.1, -0.05) is 41.9 Å². The maximum absolute atomic E-state index is 13.0. The maximum Gasteiger partial charge on any atom is 0.295 e. The summed E-state index contributed by atoms with van der Waals surface area (Å²) in [5.74, 6) is -1.09. The smallest absolute Gasteiger partial charge is 0.295 e. The van der Waals surface area contributed by atoms with Crippen molar-refractivity contribution in [3.8, 4) is 5.75 Å². The fourth-order valence-electron chi connectivity index (χ4n) is 3.47. The van der Waals surface area contributed by atoms with E-state index in [0.29, 0.717) is 46.6 Å². The zero-order chi connectivity index (χ0) is 23.4. The number of hydrogen-bond donors (Lipinski definition) is 1. The molecule has 0 aliphatic carbocycles. The van der Waals surface area contributed by atoms with Crippen LogP contribution < -0.4 is 4.74 Å². The number of aliphatic hydroxyl groups excluding tert-OH is 1. The number of carbonyl (C=O) groups is 2. The second-order valence-electron chi connectivity index (χ2n) is 7.59. The molecule has 1 aliphatic heterocycles. The largest absolute Gasteiger partial charge is 0.507 e. The zero-order valence-electron chi connectivity index (χ0n) is 17.8. The Kier molecular flexibility index (Phi) is 7.61. The van der Waals surface area contributed by atoms with E-state index in [2.05, 4.69) is 6.58 Å². The number of aliphatic hydroxyl groups is 1. The number of Topliss-reactive ketones (excluding diaryl/α,β-unsaturated/α-hetero) is 1. The van der Waals surface area contributed by atoms with Gasteiger partial charge in [0.05, 0.1) is 21.7 Å². The van der Waals surface area contributed by atoms with Crippen molar-refractivity contribution in [1.82, 2.24) is 9.80 Å². The van der Waals surface area contributed by atoms with Crippen LogP contribution in [0.5, 0.6) is 5.75 Å². The summed E-state index contributed by atoms with van der Waals surface area (Å²) in [7, 11) is 3.75. The van der Waals surface area contributed by atoms with Gasteiger partial charge in [0.2, 0.25) is 0 Å². The van der Waals surface area contributed by atoms with Gasteiger partial charge in [0, 0.05) is 18.7 Å². The average Bonchev–Trinajstić information content (AvgIpc) is 3.02. The molecule has 1 saturated heterocycles. The predicted octanol–water partition coefficient (Wildman–Crippen LogP) is 4.54. The molecular formula is C24H24Cl2N2O4. The van der Waals surface area contributed by atoms with Crippen molar-refractivity contribution in [1.29, 1.82) is 0 Å². The zero-order valence-corrected chi connectivity index (χ0v) is 19.4. The number of likely N-dealkylation sites (N-methyl/N-ethyl adjacent to an activating group) is 1. The molecule has 2 aromatic rings. The molecule has 1 atom stereocenters. The lowest BCUT2D eigenvalue weighted by atomic mass is 9.95. The van der Waals surface area contributed by atoms with Crippen LogP contribution in [0.4, 0.5) is 0 Å². The number of benzene rings is 2. The molecule has 1 amide bonds. The third-order valence-electron chi connectivity index (χ3n) is 5.08. The molecule has 6 nitrogen and oxygen atoms in total.